The molecule has 13 heavy (non-hydrogen) atoms. The van der Waals surface area contributed by atoms with E-state index >= 15 is 0 Å². The Labute approximate surface area is 75.6 Å². The van der Waals surface area contributed by atoms with Crippen molar-refractivity contribution in [2.45, 2.75) is 26.8 Å². The maximum absolute atomic E-state index is 10.6. The number of carboxylic acid groups (broad SMARTS) is 1. The van der Waals surface area contributed by atoms with E-state index in [1.54, 1.807) is 6.92 Å². The molecule has 72 valence electrons. The van der Waals surface area contributed by atoms with Crippen molar-refractivity contribution in [1.82, 2.24) is 9.78 Å². The largest absolute Gasteiger partial charge is 0.504 e. The average Bonchev–Trinajstić information content (AvgIpc) is 2.33. The zero-order valence-corrected chi connectivity index (χ0v) is 7.61. The molecular formula is C8H12N2O3. The Bertz CT molecular complexity index is 330. The molecule has 0 aromatic carbocycles. The zero-order chi connectivity index (χ0) is 10.0. The lowest BCUT2D eigenvalue weighted by molar-refractivity contribution is 0.0686. The van der Waals surface area contributed by atoms with Crippen LogP contribution in [0, 0.1) is 6.92 Å². The van der Waals surface area contributed by atoms with Crippen molar-refractivity contribution in [1.29, 1.82) is 0 Å². The lowest BCUT2D eigenvalue weighted by atomic mass is 10.3. The molecule has 0 bridgehead atoms. The van der Waals surface area contributed by atoms with Gasteiger partial charge in [0.1, 0.15) is 0 Å². The summed E-state index contributed by atoms with van der Waals surface area (Å²) < 4.78 is 1.50. The molecule has 0 atom stereocenters. The van der Waals surface area contributed by atoms with Crippen LogP contribution in [0.3, 0.4) is 0 Å². The number of hydrogen-bond acceptors (Lipinski definition) is 3. The van der Waals surface area contributed by atoms with E-state index in [1.165, 1.54) is 4.68 Å². The van der Waals surface area contributed by atoms with Crippen molar-refractivity contribution < 1.29 is 15.0 Å². The summed E-state index contributed by atoms with van der Waals surface area (Å²) in [6, 6.07) is 0. The van der Waals surface area contributed by atoms with E-state index in [4.69, 9.17) is 5.11 Å². The number of hydrogen-bond donors (Lipinski definition) is 2. The van der Waals surface area contributed by atoms with Crippen LogP contribution in [0.5, 0.6) is 5.75 Å². The molecule has 1 rings (SSSR count). The van der Waals surface area contributed by atoms with Gasteiger partial charge in [0.25, 0.3) is 0 Å². The highest BCUT2D eigenvalue weighted by Crippen LogP contribution is 2.20. The molecule has 0 radical (unpaired) electrons. The fourth-order valence-corrected chi connectivity index (χ4v) is 1.11. The van der Waals surface area contributed by atoms with Gasteiger partial charge in [0.05, 0.1) is 5.69 Å². The Morgan fingerprint density at radius 3 is 2.62 bits per heavy atom. The molecule has 0 aliphatic carbocycles. The third-order valence-corrected chi connectivity index (χ3v) is 1.81. The molecule has 2 N–H and O–H groups in total. The van der Waals surface area contributed by atoms with Gasteiger partial charge in [-0.2, -0.15) is 5.10 Å². The van der Waals surface area contributed by atoms with Crippen molar-refractivity contribution in [2.75, 3.05) is 0 Å². The summed E-state index contributed by atoms with van der Waals surface area (Å²) in [6.07, 6.45) is 0.848. The van der Waals surface area contributed by atoms with Crippen molar-refractivity contribution in [3.05, 3.63) is 11.4 Å². The summed E-state index contributed by atoms with van der Waals surface area (Å²) in [4.78, 5) is 10.6. The Morgan fingerprint density at radius 2 is 2.23 bits per heavy atom. The van der Waals surface area contributed by atoms with Crippen LogP contribution in [0.15, 0.2) is 0 Å². The number of aromatic carboxylic acids is 1. The molecule has 1 aromatic heterocycles. The van der Waals surface area contributed by atoms with E-state index in [-0.39, 0.29) is 11.4 Å². The third-order valence-electron chi connectivity index (χ3n) is 1.81. The highest BCUT2D eigenvalue weighted by atomic mass is 16.4. The SMILES string of the molecule is CCCn1nc(C(=O)O)c(O)c1C. The molecule has 0 aliphatic rings. The van der Waals surface area contributed by atoms with E-state index < -0.39 is 5.97 Å². The monoisotopic (exact) mass is 184 g/mol. The van der Waals surface area contributed by atoms with Crippen LogP contribution in [0.4, 0.5) is 0 Å². The minimum absolute atomic E-state index is 0.235. The quantitative estimate of drug-likeness (QED) is 0.734. The van der Waals surface area contributed by atoms with Crippen molar-refractivity contribution in [2.24, 2.45) is 0 Å². The lowest BCUT2D eigenvalue weighted by Gasteiger charge is -1.99. The molecule has 0 fully saturated rings. The standard InChI is InChI=1S/C8H12N2O3/c1-3-4-10-5(2)7(11)6(9-10)8(12)13/h11H,3-4H2,1-2H3,(H,12,13). The fraction of sp³-hybridized carbons (Fsp3) is 0.500. The summed E-state index contributed by atoms with van der Waals surface area (Å²) in [5.74, 6) is -1.43. The smallest absolute Gasteiger partial charge is 0.360 e. The van der Waals surface area contributed by atoms with Gasteiger partial charge in [-0.3, -0.25) is 4.68 Å². The first-order chi connectivity index (χ1) is 6.07. The van der Waals surface area contributed by atoms with Crippen LogP contribution in [0.2, 0.25) is 0 Å². The summed E-state index contributed by atoms with van der Waals surface area (Å²) in [5, 5.41) is 21.8. The highest BCUT2D eigenvalue weighted by Gasteiger charge is 2.18. The molecule has 0 spiro atoms. The second-order valence-electron chi connectivity index (χ2n) is 2.81. The maximum atomic E-state index is 10.6. The molecule has 0 unspecified atom stereocenters. The molecule has 5 heteroatoms. The van der Waals surface area contributed by atoms with Crippen LogP contribution in [0.25, 0.3) is 0 Å². The van der Waals surface area contributed by atoms with Gasteiger partial charge in [0.15, 0.2) is 5.75 Å². The number of aromatic hydroxyl groups is 1. The molecule has 1 aromatic rings. The second-order valence-corrected chi connectivity index (χ2v) is 2.81. The third kappa shape index (κ3) is 1.63. The minimum Gasteiger partial charge on any atom is -0.504 e. The zero-order valence-electron chi connectivity index (χ0n) is 7.61. The van der Waals surface area contributed by atoms with E-state index in [0.717, 1.165) is 6.42 Å². The van der Waals surface area contributed by atoms with Gasteiger partial charge in [0, 0.05) is 6.54 Å². The summed E-state index contributed by atoms with van der Waals surface area (Å²) >= 11 is 0. The first kappa shape index (κ1) is 9.57. The molecule has 1 heterocycles. The minimum atomic E-state index is -1.20. The lowest BCUT2D eigenvalue weighted by Crippen LogP contribution is -2.03. The molecular weight excluding hydrogens is 172 g/mol. The Hall–Kier alpha value is -1.52. The van der Waals surface area contributed by atoms with E-state index in [1.807, 2.05) is 6.92 Å². The van der Waals surface area contributed by atoms with Crippen LogP contribution >= 0.6 is 0 Å². The molecule has 0 aliphatic heterocycles. The van der Waals surface area contributed by atoms with Crippen LogP contribution in [0.1, 0.15) is 29.5 Å². The molecule has 0 saturated carbocycles. The topological polar surface area (TPSA) is 75.4 Å². The first-order valence-electron chi connectivity index (χ1n) is 4.07. The molecule has 5 nitrogen and oxygen atoms in total. The van der Waals surface area contributed by atoms with Gasteiger partial charge < -0.3 is 10.2 Å². The molecule has 0 saturated heterocycles. The number of carbonyl (C=O) groups is 1. The van der Waals surface area contributed by atoms with Crippen molar-refractivity contribution in [3.8, 4) is 5.75 Å². The van der Waals surface area contributed by atoms with Crippen LogP contribution in [-0.4, -0.2) is 26.0 Å². The average molecular weight is 184 g/mol. The van der Waals surface area contributed by atoms with Gasteiger partial charge in [-0.15, -0.1) is 0 Å². The van der Waals surface area contributed by atoms with Crippen molar-refractivity contribution in [3.63, 3.8) is 0 Å². The second kappa shape index (κ2) is 3.47. The number of aromatic nitrogens is 2. The van der Waals surface area contributed by atoms with Gasteiger partial charge in [-0.1, -0.05) is 6.92 Å². The number of rotatable bonds is 3. The fourth-order valence-electron chi connectivity index (χ4n) is 1.11. The summed E-state index contributed by atoms with van der Waals surface area (Å²) in [6.45, 7) is 4.22. The maximum Gasteiger partial charge on any atom is 0.360 e. The Kier molecular flexibility index (Phi) is 2.55. The first-order valence-corrected chi connectivity index (χ1v) is 4.07. The number of aryl methyl sites for hydroxylation is 1. The van der Waals surface area contributed by atoms with Gasteiger partial charge >= 0.3 is 5.97 Å². The number of carboxylic acids is 1. The summed E-state index contributed by atoms with van der Waals surface area (Å²) in [7, 11) is 0. The Balaban J connectivity index is 3.12. The van der Waals surface area contributed by atoms with Crippen LogP contribution in [-0.2, 0) is 6.54 Å². The predicted molar refractivity (Wildman–Crippen MR) is 45.9 cm³/mol. The predicted octanol–water partition coefficient (Wildman–Crippen LogP) is 1.01. The van der Waals surface area contributed by atoms with Gasteiger partial charge in [-0.05, 0) is 13.3 Å². The van der Waals surface area contributed by atoms with Crippen molar-refractivity contribution >= 4 is 5.97 Å². The Morgan fingerprint density at radius 1 is 1.62 bits per heavy atom. The molecule has 0 amide bonds. The van der Waals surface area contributed by atoms with E-state index in [0.29, 0.717) is 12.2 Å². The van der Waals surface area contributed by atoms with Gasteiger partial charge in [0.2, 0.25) is 5.69 Å². The van der Waals surface area contributed by atoms with Crippen LogP contribution < -0.4 is 0 Å². The highest BCUT2D eigenvalue weighted by molar-refractivity contribution is 5.88. The van der Waals surface area contributed by atoms with Gasteiger partial charge in [-0.25, -0.2) is 4.79 Å². The summed E-state index contributed by atoms with van der Waals surface area (Å²) in [5.41, 5.74) is 0.227. The van der Waals surface area contributed by atoms with E-state index in [2.05, 4.69) is 5.10 Å². The number of nitrogens with zero attached hydrogens (tertiary/aromatic N) is 2. The normalized spacial score (nSPS) is 10.3. The van der Waals surface area contributed by atoms with E-state index in [9.17, 15) is 9.90 Å².